The van der Waals surface area contributed by atoms with Crippen molar-refractivity contribution in [3.8, 4) is 0 Å². The number of pyridine rings is 1. The van der Waals surface area contributed by atoms with Gasteiger partial charge in [0, 0.05) is 31.9 Å². The third kappa shape index (κ3) is 3.45. The molecule has 2 aromatic heterocycles. The quantitative estimate of drug-likeness (QED) is 0.752. The Hall–Kier alpha value is -3.09. The molecule has 7 nitrogen and oxygen atoms in total. The molecule has 1 N–H and O–H groups in total. The van der Waals surface area contributed by atoms with E-state index in [0.29, 0.717) is 32.2 Å². The summed E-state index contributed by atoms with van der Waals surface area (Å²) in [6, 6.07) is 10.2. The number of hydrogen-bond donors (Lipinski definition) is 1. The second-order valence-corrected chi connectivity index (χ2v) is 6.91. The summed E-state index contributed by atoms with van der Waals surface area (Å²) in [5.41, 5.74) is 5.25. The molecule has 0 radical (unpaired) electrons. The molecule has 7 heteroatoms. The maximum absolute atomic E-state index is 12.7. The summed E-state index contributed by atoms with van der Waals surface area (Å²) in [5, 5.41) is 3.02. The molecule has 0 spiro atoms. The molecule has 1 fully saturated rings. The molecule has 0 saturated carbocycles. The van der Waals surface area contributed by atoms with E-state index in [-0.39, 0.29) is 6.03 Å². The fraction of sp³-hybridized carbons (Fsp3) is 0.350. The largest absolute Gasteiger partial charge is 0.423 e. The third-order valence-electron chi connectivity index (χ3n) is 4.88. The molecule has 1 aromatic carbocycles. The highest BCUT2D eigenvalue weighted by Gasteiger charge is 2.24. The van der Waals surface area contributed by atoms with Crippen LogP contribution in [0, 0.1) is 20.8 Å². The summed E-state index contributed by atoms with van der Waals surface area (Å²) in [4.78, 5) is 25.5. The maximum Gasteiger partial charge on any atom is 0.322 e. The number of para-hydroxylation sites is 2. The summed E-state index contributed by atoms with van der Waals surface area (Å²) in [7, 11) is 0. The molecule has 1 aliphatic rings. The summed E-state index contributed by atoms with van der Waals surface area (Å²) in [6.45, 7) is 8.46. The number of urea groups is 1. The van der Waals surface area contributed by atoms with Gasteiger partial charge in [-0.2, -0.15) is 4.98 Å². The number of nitrogens with zero attached hydrogens (tertiary/aromatic N) is 4. The highest BCUT2D eigenvalue weighted by molar-refractivity contribution is 5.91. The zero-order valence-corrected chi connectivity index (χ0v) is 15.8. The van der Waals surface area contributed by atoms with Crippen LogP contribution in [0.4, 0.5) is 16.5 Å². The Morgan fingerprint density at radius 2 is 1.81 bits per heavy atom. The average Bonchev–Trinajstić information content (AvgIpc) is 3.09. The van der Waals surface area contributed by atoms with Crippen molar-refractivity contribution in [3.05, 3.63) is 47.3 Å². The molecular formula is C20H23N5O2. The van der Waals surface area contributed by atoms with Crippen LogP contribution in [-0.2, 0) is 0 Å². The van der Waals surface area contributed by atoms with Crippen LogP contribution < -0.4 is 10.2 Å². The SMILES string of the molecule is Cc1cc(C)c(NC(=O)N2CCN(c3nc4ccccc4o3)CC2)c(C)n1. The number of amides is 2. The summed E-state index contributed by atoms with van der Waals surface area (Å²) in [5.74, 6) is 0. The van der Waals surface area contributed by atoms with E-state index in [1.165, 1.54) is 0 Å². The standard InChI is InChI=1S/C20H23N5O2/c1-13-12-14(2)21-15(3)18(13)23-19(26)24-8-10-25(11-9-24)20-22-16-6-4-5-7-17(16)27-20/h4-7,12H,8-11H2,1-3H3,(H,23,26). The predicted octanol–water partition coefficient (Wildman–Crippen LogP) is 3.50. The minimum atomic E-state index is -0.0935. The van der Waals surface area contributed by atoms with Crippen molar-refractivity contribution in [3.63, 3.8) is 0 Å². The van der Waals surface area contributed by atoms with Crippen LogP contribution in [-0.4, -0.2) is 47.1 Å². The van der Waals surface area contributed by atoms with Crippen LogP contribution in [0.1, 0.15) is 17.0 Å². The number of nitrogens with one attached hydrogen (secondary N) is 1. The Balaban J connectivity index is 1.41. The van der Waals surface area contributed by atoms with Crippen molar-refractivity contribution in [2.24, 2.45) is 0 Å². The van der Waals surface area contributed by atoms with Gasteiger partial charge in [0.2, 0.25) is 0 Å². The zero-order valence-electron chi connectivity index (χ0n) is 15.8. The van der Waals surface area contributed by atoms with Gasteiger partial charge in [-0.05, 0) is 44.5 Å². The summed E-state index contributed by atoms with van der Waals surface area (Å²) >= 11 is 0. The molecule has 0 atom stereocenters. The van der Waals surface area contributed by atoms with E-state index >= 15 is 0 Å². The van der Waals surface area contributed by atoms with E-state index in [1.54, 1.807) is 0 Å². The van der Waals surface area contributed by atoms with E-state index < -0.39 is 0 Å². The smallest absolute Gasteiger partial charge is 0.322 e. The number of aromatic nitrogens is 2. The van der Waals surface area contributed by atoms with Crippen LogP contribution >= 0.6 is 0 Å². The van der Waals surface area contributed by atoms with E-state index in [4.69, 9.17) is 4.42 Å². The van der Waals surface area contributed by atoms with Gasteiger partial charge in [0.15, 0.2) is 5.58 Å². The van der Waals surface area contributed by atoms with Gasteiger partial charge in [-0.25, -0.2) is 4.79 Å². The van der Waals surface area contributed by atoms with Gasteiger partial charge >= 0.3 is 6.03 Å². The lowest BCUT2D eigenvalue weighted by Gasteiger charge is -2.34. The second-order valence-electron chi connectivity index (χ2n) is 6.91. The Bertz CT molecular complexity index is 933. The van der Waals surface area contributed by atoms with Crippen LogP contribution in [0.15, 0.2) is 34.7 Å². The first-order valence-corrected chi connectivity index (χ1v) is 9.12. The van der Waals surface area contributed by atoms with Crippen LogP contribution in [0.2, 0.25) is 0 Å². The lowest BCUT2D eigenvalue weighted by Crippen LogP contribution is -2.50. The second kappa shape index (κ2) is 6.90. The highest BCUT2D eigenvalue weighted by atomic mass is 16.4. The predicted molar refractivity (Wildman–Crippen MR) is 105 cm³/mol. The minimum Gasteiger partial charge on any atom is -0.423 e. The van der Waals surface area contributed by atoms with Gasteiger partial charge in [-0.1, -0.05) is 12.1 Å². The van der Waals surface area contributed by atoms with Gasteiger partial charge in [-0.15, -0.1) is 0 Å². The number of piperazine rings is 1. The monoisotopic (exact) mass is 365 g/mol. The van der Waals surface area contributed by atoms with Gasteiger partial charge in [0.05, 0.1) is 11.4 Å². The van der Waals surface area contributed by atoms with Crippen molar-refractivity contribution in [2.75, 3.05) is 36.4 Å². The number of fused-ring (bicyclic) bond motifs is 1. The normalized spacial score (nSPS) is 14.6. The van der Waals surface area contributed by atoms with Crippen molar-refractivity contribution < 1.29 is 9.21 Å². The molecule has 3 heterocycles. The fourth-order valence-corrected chi connectivity index (χ4v) is 3.49. The lowest BCUT2D eigenvalue weighted by atomic mass is 10.1. The Kier molecular flexibility index (Phi) is 4.43. The number of oxazole rings is 1. The molecule has 2 amide bonds. The van der Waals surface area contributed by atoms with Crippen molar-refractivity contribution in [1.82, 2.24) is 14.9 Å². The minimum absolute atomic E-state index is 0.0935. The van der Waals surface area contributed by atoms with Gasteiger partial charge in [0.25, 0.3) is 6.01 Å². The van der Waals surface area contributed by atoms with Crippen molar-refractivity contribution >= 4 is 28.8 Å². The van der Waals surface area contributed by atoms with Crippen molar-refractivity contribution in [1.29, 1.82) is 0 Å². The van der Waals surface area contributed by atoms with Crippen molar-refractivity contribution in [2.45, 2.75) is 20.8 Å². The summed E-state index contributed by atoms with van der Waals surface area (Å²) < 4.78 is 5.83. The van der Waals surface area contributed by atoms with E-state index in [2.05, 4.69) is 20.2 Å². The Morgan fingerprint density at radius 1 is 1.07 bits per heavy atom. The van der Waals surface area contributed by atoms with E-state index in [1.807, 2.05) is 56.0 Å². The molecule has 27 heavy (non-hydrogen) atoms. The number of hydrogen-bond acceptors (Lipinski definition) is 5. The number of anilines is 2. The molecule has 0 aliphatic carbocycles. The first-order valence-electron chi connectivity index (χ1n) is 9.12. The van der Waals surface area contributed by atoms with Gasteiger partial charge < -0.3 is 19.5 Å². The van der Waals surface area contributed by atoms with E-state index in [9.17, 15) is 4.79 Å². The Labute approximate surface area is 158 Å². The number of benzene rings is 1. The summed E-state index contributed by atoms with van der Waals surface area (Å²) in [6.07, 6.45) is 0. The molecule has 1 aliphatic heterocycles. The fourth-order valence-electron chi connectivity index (χ4n) is 3.49. The van der Waals surface area contributed by atoms with Crippen LogP contribution in [0.25, 0.3) is 11.1 Å². The molecular weight excluding hydrogens is 342 g/mol. The average molecular weight is 365 g/mol. The molecule has 4 rings (SSSR count). The van der Waals surface area contributed by atoms with Crippen LogP contribution in [0.5, 0.6) is 0 Å². The zero-order chi connectivity index (χ0) is 19.0. The highest BCUT2D eigenvalue weighted by Crippen LogP contribution is 2.23. The van der Waals surface area contributed by atoms with Gasteiger partial charge in [0.1, 0.15) is 5.52 Å². The lowest BCUT2D eigenvalue weighted by molar-refractivity contribution is 0.207. The molecule has 0 unspecified atom stereocenters. The topological polar surface area (TPSA) is 74.5 Å². The Morgan fingerprint density at radius 3 is 2.52 bits per heavy atom. The number of aryl methyl sites for hydroxylation is 3. The number of carbonyl (C=O) groups is 1. The van der Waals surface area contributed by atoms with Crippen LogP contribution in [0.3, 0.4) is 0 Å². The maximum atomic E-state index is 12.7. The third-order valence-corrected chi connectivity index (χ3v) is 4.88. The molecule has 3 aromatic rings. The van der Waals surface area contributed by atoms with Gasteiger partial charge in [-0.3, -0.25) is 4.98 Å². The number of carbonyl (C=O) groups excluding carboxylic acids is 1. The number of rotatable bonds is 2. The molecule has 1 saturated heterocycles. The van der Waals surface area contributed by atoms with E-state index in [0.717, 1.165) is 33.7 Å². The molecule has 0 bridgehead atoms. The first-order chi connectivity index (χ1) is 13.0. The first kappa shape index (κ1) is 17.3. The molecule has 140 valence electrons.